The summed E-state index contributed by atoms with van der Waals surface area (Å²) in [5.74, 6) is -0.132. The van der Waals surface area contributed by atoms with Gasteiger partial charge in [0.25, 0.3) is 5.56 Å². The number of hydrogen-bond donors (Lipinski definition) is 4. The molecule has 4 rings (SSSR count). The molecule has 9 nitrogen and oxygen atoms in total. The highest BCUT2D eigenvalue weighted by Crippen LogP contribution is 2.28. The molecular formula is C26H28N8O. The number of aromatic amines is 1. The van der Waals surface area contributed by atoms with E-state index in [4.69, 9.17) is 10.7 Å². The van der Waals surface area contributed by atoms with E-state index in [2.05, 4.69) is 32.9 Å². The van der Waals surface area contributed by atoms with Gasteiger partial charge in [-0.05, 0) is 49.1 Å². The van der Waals surface area contributed by atoms with Crippen LogP contribution >= 0.6 is 0 Å². The number of nitriles is 2. The number of H-pyrrole nitrogens is 1. The maximum atomic E-state index is 12.7. The number of pyridine rings is 1. The Morgan fingerprint density at radius 1 is 1.29 bits per heavy atom. The third kappa shape index (κ3) is 5.42. The Morgan fingerprint density at radius 3 is 2.89 bits per heavy atom. The molecule has 3 aromatic rings. The third-order valence-electron chi connectivity index (χ3n) is 6.38. The van der Waals surface area contributed by atoms with E-state index in [9.17, 15) is 10.1 Å². The normalized spacial score (nSPS) is 17.2. The smallest absolute Gasteiger partial charge is 0.261 e. The maximum Gasteiger partial charge on any atom is 0.261 e. The van der Waals surface area contributed by atoms with Crippen LogP contribution in [-0.2, 0) is 6.54 Å². The predicted molar refractivity (Wildman–Crippen MR) is 135 cm³/mol. The molecule has 2 atom stereocenters. The first-order chi connectivity index (χ1) is 17.0. The molecule has 1 unspecified atom stereocenters. The topological polar surface area (TPSA) is 146 Å². The monoisotopic (exact) mass is 468 g/mol. The zero-order valence-corrected chi connectivity index (χ0v) is 19.6. The minimum Gasteiger partial charge on any atom is -0.380 e. The minimum absolute atomic E-state index is 0.0184. The summed E-state index contributed by atoms with van der Waals surface area (Å²) in [5, 5.41) is 37.6. The quantitative estimate of drug-likeness (QED) is 0.299. The van der Waals surface area contributed by atoms with Gasteiger partial charge in [0, 0.05) is 29.7 Å². The molecular weight excluding hydrogens is 440 g/mol. The lowest BCUT2D eigenvalue weighted by molar-refractivity contribution is 0.388. The molecule has 4 N–H and O–H groups in total. The van der Waals surface area contributed by atoms with Crippen LogP contribution in [0.4, 0.5) is 11.4 Å². The Bertz CT molecular complexity index is 1360. The van der Waals surface area contributed by atoms with Crippen molar-refractivity contribution in [2.45, 2.75) is 51.6 Å². The number of anilines is 2. The lowest BCUT2D eigenvalue weighted by atomic mass is 9.85. The fourth-order valence-corrected chi connectivity index (χ4v) is 4.57. The van der Waals surface area contributed by atoms with Crippen LogP contribution in [0.2, 0.25) is 0 Å². The average molecular weight is 469 g/mol. The first-order valence-corrected chi connectivity index (χ1v) is 11.7. The third-order valence-corrected chi connectivity index (χ3v) is 6.38. The van der Waals surface area contributed by atoms with Crippen LogP contribution in [0.5, 0.6) is 0 Å². The lowest BCUT2D eigenvalue weighted by Crippen LogP contribution is -2.34. The fraction of sp³-hybridized carbons (Fsp3) is 0.346. The van der Waals surface area contributed by atoms with Gasteiger partial charge in [0.05, 0.1) is 42.9 Å². The van der Waals surface area contributed by atoms with Gasteiger partial charge in [0.1, 0.15) is 11.4 Å². The highest BCUT2D eigenvalue weighted by atomic mass is 16.1. The number of aromatic nitrogens is 3. The summed E-state index contributed by atoms with van der Waals surface area (Å²) in [6, 6.07) is 11.9. The number of nitrogens with one attached hydrogen (secondary N) is 4. The average Bonchev–Trinajstić information content (AvgIpc) is 3.32. The molecule has 0 aliphatic heterocycles. The number of rotatable bonds is 7. The van der Waals surface area contributed by atoms with Crippen molar-refractivity contribution in [2.24, 2.45) is 5.92 Å². The van der Waals surface area contributed by atoms with E-state index in [-0.39, 0.29) is 28.9 Å². The highest BCUT2D eigenvalue weighted by molar-refractivity contribution is 6.09. The molecule has 0 bridgehead atoms. The molecule has 0 amide bonds. The van der Waals surface area contributed by atoms with E-state index in [1.165, 1.54) is 0 Å². The van der Waals surface area contributed by atoms with Crippen molar-refractivity contribution in [2.75, 3.05) is 10.6 Å². The molecule has 0 radical (unpaired) electrons. The zero-order valence-electron chi connectivity index (χ0n) is 19.6. The zero-order chi connectivity index (χ0) is 24.8. The summed E-state index contributed by atoms with van der Waals surface area (Å²) < 4.78 is 1.75. The van der Waals surface area contributed by atoms with Crippen molar-refractivity contribution in [3.05, 3.63) is 64.3 Å². The number of benzene rings is 1. The number of aryl methyl sites for hydroxylation is 2. The summed E-state index contributed by atoms with van der Waals surface area (Å²) in [4.78, 5) is 15.3. The molecule has 9 heteroatoms. The van der Waals surface area contributed by atoms with Gasteiger partial charge in [-0.15, -0.1) is 0 Å². The van der Waals surface area contributed by atoms with E-state index < -0.39 is 0 Å². The van der Waals surface area contributed by atoms with Crippen molar-refractivity contribution in [3.63, 3.8) is 0 Å². The lowest BCUT2D eigenvalue weighted by Gasteiger charge is -2.29. The fourth-order valence-electron chi connectivity index (χ4n) is 4.57. The van der Waals surface area contributed by atoms with Gasteiger partial charge in [-0.2, -0.15) is 15.6 Å². The molecule has 178 valence electrons. The molecule has 35 heavy (non-hydrogen) atoms. The number of amidine groups is 1. The molecule has 1 aromatic carbocycles. The molecule has 0 saturated heterocycles. The SMILES string of the molecule is Cc1cc(NC(=N)c2c(N[C@H]3CCCCC3C#N)cc[nH]c2=O)ccc1-c1cnn(CCC#N)c1. The van der Waals surface area contributed by atoms with E-state index in [0.717, 1.165) is 42.4 Å². The van der Waals surface area contributed by atoms with Crippen molar-refractivity contribution < 1.29 is 0 Å². The van der Waals surface area contributed by atoms with Crippen LogP contribution in [0.15, 0.2) is 47.7 Å². The first kappa shape index (κ1) is 23.8. The van der Waals surface area contributed by atoms with Crippen molar-refractivity contribution in [1.82, 2.24) is 14.8 Å². The van der Waals surface area contributed by atoms with Gasteiger partial charge in [-0.25, -0.2) is 0 Å². The molecule has 1 fully saturated rings. The van der Waals surface area contributed by atoms with Gasteiger partial charge < -0.3 is 15.6 Å². The van der Waals surface area contributed by atoms with Crippen LogP contribution in [-0.4, -0.2) is 26.6 Å². The van der Waals surface area contributed by atoms with Gasteiger partial charge in [0.2, 0.25) is 0 Å². The molecule has 1 aliphatic rings. The van der Waals surface area contributed by atoms with E-state index in [1.807, 2.05) is 31.3 Å². The number of nitrogens with zero attached hydrogens (tertiary/aromatic N) is 4. The Balaban J connectivity index is 1.53. The summed E-state index contributed by atoms with van der Waals surface area (Å²) in [5.41, 5.74) is 4.04. The molecule has 2 aromatic heterocycles. The second-order valence-corrected chi connectivity index (χ2v) is 8.80. The summed E-state index contributed by atoms with van der Waals surface area (Å²) >= 11 is 0. The highest BCUT2D eigenvalue weighted by Gasteiger charge is 2.26. The molecule has 0 spiro atoms. The summed E-state index contributed by atoms with van der Waals surface area (Å²) in [6.45, 7) is 2.52. The van der Waals surface area contributed by atoms with Crippen molar-refractivity contribution in [1.29, 1.82) is 15.9 Å². The Hall–Kier alpha value is -4.37. The van der Waals surface area contributed by atoms with Crippen LogP contribution in [0, 0.1) is 40.9 Å². The van der Waals surface area contributed by atoms with Crippen LogP contribution in [0.1, 0.15) is 43.2 Å². The number of hydrogen-bond acceptors (Lipinski definition) is 6. The summed E-state index contributed by atoms with van der Waals surface area (Å²) in [7, 11) is 0. The predicted octanol–water partition coefficient (Wildman–Crippen LogP) is 4.39. The Morgan fingerprint density at radius 2 is 2.11 bits per heavy atom. The van der Waals surface area contributed by atoms with Gasteiger partial charge >= 0.3 is 0 Å². The van der Waals surface area contributed by atoms with Crippen molar-refractivity contribution >= 4 is 17.2 Å². The van der Waals surface area contributed by atoms with Gasteiger partial charge in [0.15, 0.2) is 0 Å². The van der Waals surface area contributed by atoms with E-state index in [0.29, 0.717) is 24.3 Å². The van der Waals surface area contributed by atoms with Gasteiger partial charge in [-0.1, -0.05) is 18.9 Å². The molecule has 1 saturated carbocycles. The summed E-state index contributed by atoms with van der Waals surface area (Å²) in [6.07, 6.45) is 9.41. The van der Waals surface area contributed by atoms with Crippen molar-refractivity contribution in [3.8, 4) is 23.3 Å². The minimum atomic E-state index is -0.366. The first-order valence-electron chi connectivity index (χ1n) is 11.7. The van der Waals surface area contributed by atoms with Gasteiger partial charge in [-0.3, -0.25) is 14.9 Å². The Labute approximate surface area is 203 Å². The van der Waals surface area contributed by atoms with E-state index >= 15 is 0 Å². The van der Waals surface area contributed by atoms with E-state index in [1.54, 1.807) is 23.1 Å². The second-order valence-electron chi connectivity index (χ2n) is 8.80. The maximum absolute atomic E-state index is 12.7. The molecule has 2 heterocycles. The van der Waals surface area contributed by atoms with Crippen LogP contribution in [0.25, 0.3) is 11.1 Å². The van der Waals surface area contributed by atoms with Crippen LogP contribution in [0.3, 0.4) is 0 Å². The Kier molecular flexibility index (Phi) is 7.27. The molecule has 1 aliphatic carbocycles. The standard InChI is InChI=1S/C26H28N8O/c1-17-13-20(7-8-21(17)19-15-31-34(16-19)12-4-10-27)32-25(29)24-23(9-11-30-26(24)35)33-22-6-3-2-5-18(22)14-28/h7-9,11,13,15-16,18,22H,2-6,12H2,1H3,(H2,29,32)(H2,30,33,35)/t18?,22-/m0/s1. The largest absolute Gasteiger partial charge is 0.380 e. The van der Waals surface area contributed by atoms with Crippen LogP contribution < -0.4 is 16.2 Å². The second kappa shape index (κ2) is 10.7.